The highest BCUT2D eigenvalue weighted by Crippen LogP contribution is 2.27. The van der Waals surface area contributed by atoms with E-state index in [1.807, 2.05) is 0 Å². The highest BCUT2D eigenvalue weighted by atomic mass is 16.5. The van der Waals surface area contributed by atoms with Gasteiger partial charge >= 0.3 is 0 Å². The lowest BCUT2D eigenvalue weighted by Gasteiger charge is -2.31. The second-order valence-corrected chi connectivity index (χ2v) is 5.68. The van der Waals surface area contributed by atoms with E-state index < -0.39 is 6.10 Å². The fraction of sp³-hybridized carbons (Fsp3) is 0.733. The van der Waals surface area contributed by atoms with Gasteiger partial charge in [0.05, 0.1) is 25.2 Å². The molecule has 0 saturated heterocycles. The van der Waals surface area contributed by atoms with Crippen LogP contribution in [0, 0.1) is 5.92 Å². The van der Waals surface area contributed by atoms with Gasteiger partial charge in [-0.25, -0.2) is 0 Å². The highest BCUT2D eigenvalue weighted by molar-refractivity contribution is 5.77. The predicted molar refractivity (Wildman–Crippen MR) is 77.5 cm³/mol. The Morgan fingerprint density at radius 2 is 2.05 bits per heavy atom. The Balaban J connectivity index is 1.80. The Morgan fingerprint density at radius 1 is 1.29 bits per heavy atom. The molecule has 1 heterocycles. The second kappa shape index (κ2) is 7.56. The van der Waals surface area contributed by atoms with Crippen LogP contribution in [0.15, 0.2) is 12.2 Å². The molecule has 0 aromatic carbocycles. The average molecular weight is 296 g/mol. The minimum Gasteiger partial charge on any atom is -0.394 e. The number of aliphatic hydroxyl groups excluding tert-OH is 1. The van der Waals surface area contributed by atoms with Crippen molar-refractivity contribution in [2.75, 3.05) is 13.2 Å². The maximum atomic E-state index is 11.8. The topological polar surface area (TPSA) is 87.7 Å². The molecule has 2 rings (SSSR count). The molecule has 3 atom stereocenters. The van der Waals surface area contributed by atoms with Gasteiger partial charge in [0.1, 0.15) is 6.10 Å². The summed E-state index contributed by atoms with van der Waals surface area (Å²) in [5, 5.41) is 15.0. The fourth-order valence-electron chi connectivity index (χ4n) is 2.26. The van der Waals surface area contributed by atoms with Crippen LogP contribution in [0.1, 0.15) is 32.6 Å². The summed E-state index contributed by atoms with van der Waals surface area (Å²) < 4.78 is 5.67. The fourth-order valence-corrected chi connectivity index (χ4v) is 2.26. The number of carbonyl (C=O) groups is 2. The molecule has 0 radical (unpaired) electrons. The van der Waals surface area contributed by atoms with Crippen molar-refractivity contribution in [3.05, 3.63) is 12.2 Å². The third-order valence-corrected chi connectivity index (χ3v) is 3.78. The van der Waals surface area contributed by atoms with Crippen LogP contribution in [0.5, 0.6) is 0 Å². The summed E-state index contributed by atoms with van der Waals surface area (Å²) in [5.41, 5.74) is 0. The predicted octanol–water partition coefficient (Wildman–Crippen LogP) is 0.113. The molecule has 118 valence electrons. The van der Waals surface area contributed by atoms with Crippen LogP contribution >= 0.6 is 0 Å². The lowest BCUT2D eigenvalue weighted by molar-refractivity contribution is -0.128. The molecule has 0 aromatic heterocycles. The lowest BCUT2D eigenvalue weighted by atomic mass is 10.0. The van der Waals surface area contributed by atoms with E-state index in [4.69, 9.17) is 4.74 Å². The van der Waals surface area contributed by atoms with Gasteiger partial charge in [0.25, 0.3) is 0 Å². The van der Waals surface area contributed by atoms with Crippen molar-refractivity contribution in [1.29, 1.82) is 0 Å². The van der Waals surface area contributed by atoms with Crippen LogP contribution < -0.4 is 10.6 Å². The minimum atomic E-state index is -0.508. The Bertz CT molecular complexity index is 406. The Labute approximate surface area is 124 Å². The standard InChI is InChI=1S/C15H24N2O4/c1-2-14(19)17-12-6-5-11(21-13(12)9-18)7-15(20)16-8-10-3-4-10/h5-6,10-13,18H,2-4,7-9H2,1H3,(H,16,20)(H,17,19)/t11-,12-,13-/m1/s1. The lowest BCUT2D eigenvalue weighted by Crippen LogP contribution is -2.49. The van der Waals surface area contributed by atoms with Crippen molar-refractivity contribution in [2.24, 2.45) is 5.92 Å². The first-order chi connectivity index (χ1) is 10.1. The van der Waals surface area contributed by atoms with E-state index in [9.17, 15) is 14.7 Å². The molecule has 1 aliphatic heterocycles. The van der Waals surface area contributed by atoms with Crippen LogP contribution in [0.25, 0.3) is 0 Å². The average Bonchev–Trinajstić information content (AvgIpc) is 3.30. The van der Waals surface area contributed by atoms with E-state index in [-0.39, 0.29) is 37.0 Å². The molecule has 0 unspecified atom stereocenters. The summed E-state index contributed by atoms with van der Waals surface area (Å²) >= 11 is 0. The van der Waals surface area contributed by atoms with Gasteiger partial charge in [-0.05, 0) is 18.8 Å². The number of nitrogens with one attached hydrogen (secondary N) is 2. The zero-order valence-electron chi connectivity index (χ0n) is 12.4. The summed E-state index contributed by atoms with van der Waals surface area (Å²) in [6.07, 6.45) is 5.75. The van der Waals surface area contributed by atoms with Crippen LogP contribution in [0.2, 0.25) is 0 Å². The molecule has 0 bridgehead atoms. The number of amides is 2. The van der Waals surface area contributed by atoms with Crippen molar-refractivity contribution in [2.45, 2.75) is 50.9 Å². The van der Waals surface area contributed by atoms with Crippen LogP contribution in [-0.4, -0.2) is 48.3 Å². The summed E-state index contributed by atoms with van der Waals surface area (Å²) in [5.74, 6) is 0.521. The number of hydrogen-bond acceptors (Lipinski definition) is 4. The number of hydrogen-bond donors (Lipinski definition) is 3. The van der Waals surface area contributed by atoms with Gasteiger partial charge in [-0.2, -0.15) is 0 Å². The number of ether oxygens (including phenoxy) is 1. The molecule has 6 nitrogen and oxygen atoms in total. The van der Waals surface area contributed by atoms with Crippen molar-refractivity contribution >= 4 is 11.8 Å². The summed E-state index contributed by atoms with van der Waals surface area (Å²) in [7, 11) is 0. The first-order valence-corrected chi connectivity index (χ1v) is 7.63. The van der Waals surface area contributed by atoms with Crippen molar-refractivity contribution in [1.82, 2.24) is 10.6 Å². The van der Waals surface area contributed by atoms with Crippen LogP contribution in [-0.2, 0) is 14.3 Å². The second-order valence-electron chi connectivity index (χ2n) is 5.68. The van der Waals surface area contributed by atoms with Crippen molar-refractivity contribution < 1.29 is 19.4 Å². The molecule has 2 aliphatic rings. The van der Waals surface area contributed by atoms with Gasteiger partial charge in [-0.15, -0.1) is 0 Å². The molecular formula is C15H24N2O4. The summed E-state index contributed by atoms with van der Waals surface area (Å²) in [4.78, 5) is 23.2. The number of rotatable bonds is 7. The Kier molecular flexibility index (Phi) is 5.76. The molecule has 21 heavy (non-hydrogen) atoms. The maximum absolute atomic E-state index is 11.8. The zero-order valence-corrected chi connectivity index (χ0v) is 12.4. The quantitative estimate of drug-likeness (QED) is 0.582. The van der Waals surface area contributed by atoms with Gasteiger partial charge in [-0.3, -0.25) is 9.59 Å². The third kappa shape index (κ3) is 5.13. The van der Waals surface area contributed by atoms with Crippen molar-refractivity contribution in [3.8, 4) is 0 Å². The van der Waals surface area contributed by atoms with E-state index >= 15 is 0 Å². The molecule has 1 saturated carbocycles. The molecule has 2 amide bonds. The van der Waals surface area contributed by atoms with E-state index in [1.54, 1.807) is 19.1 Å². The number of carbonyl (C=O) groups excluding carboxylic acids is 2. The van der Waals surface area contributed by atoms with Gasteiger partial charge in [-0.1, -0.05) is 19.1 Å². The number of aliphatic hydroxyl groups is 1. The maximum Gasteiger partial charge on any atom is 0.222 e. The highest BCUT2D eigenvalue weighted by Gasteiger charge is 2.29. The molecule has 6 heteroatoms. The smallest absolute Gasteiger partial charge is 0.222 e. The molecule has 1 fully saturated rings. The van der Waals surface area contributed by atoms with E-state index in [1.165, 1.54) is 12.8 Å². The van der Waals surface area contributed by atoms with Crippen LogP contribution in [0.3, 0.4) is 0 Å². The minimum absolute atomic E-state index is 0.0377. The van der Waals surface area contributed by atoms with E-state index in [0.717, 1.165) is 6.54 Å². The van der Waals surface area contributed by atoms with Gasteiger partial charge in [0, 0.05) is 13.0 Å². The SMILES string of the molecule is CCC(=O)N[C@@H]1C=C[C@H](CC(=O)NCC2CC2)O[C@@H]1CO. The monoisotopic (exact) mass is 296 g/mol. The van der Waals surface area contributed by atoms with Crippen LogP contribution in [0.4, 0.5) is 0 Å². The Hall–Kier alpha value is -1.40. The molecule has 3 N–H and O–H groups in total. The van der Waals surface area contributed by atoms with Crippen molar-refractivity contribution in [3.63, 3.8) is 0 Å². The van der Waals surface area contributed by atoms with Gasteiger partial charge < -0.3 is 20.5 Å². The first kappa shape index (κ1) is 16.0. The Morgan fingerprint density at radius 3 is 2.67 bits per heavy atom. The van der Waals surface area contributed by atoms with E-state index in [0.29, 0.717) is 12.3 Å². The largest absolute Gasteiger partial charge is 0.394 e. The molecule has 1 aliphatic carbocycles. The zero-order chi connectivity index (χ0) is 15.2. The summed E-state index contributed by atoms with van der Waals surface area (Å²) in [6, 6.07) is -0.340. The normalized spacial score (nSPS) is 28.2. The molecular weight excluding hydrogens is 272 g/mol. The first-order valence-electron chi connectivity index (χ1n) is 7.63. The third-order valence-electron chi connectivity index (χ3n) is 3.78. The molecule has 0 aromatic rings. The summed E-state index contributed by atoms with van der Waals surface area (Å²) in [6.45, 7) is 2.32. The van der Waals surface area contributed by atoms with Gasteiger partial charge in [0.2, 0.25) is 11.8 Å². The van der Waals surface area contributed by atoms with Gasteiger partial charge in [0.15, 0.2) is 0 Å². The van der Waals surface area contributed by atoms with E-state index in [2.05, 4.69) is 10.6 Å². The molecule has 0 spiro atoms.